The third kappa shape index (κ3) is 2.76. The van der Waals surface area contributed by atoms with Gasteiger partial charge in [0.25, 0.3) is 0 Å². The number of nitrogens with zero attached hydrogens (tertiary/aromatic N) is 1. The first-order chi connectivity index (χ1) is 10.3. The van der Waals surface area contributed by atoms with E-state index in [1.54, 1.807) is 17.7 Å². The third-order valence-corrected chi connectivity index (χ3v) is 3.22. The number of ether oxygens (including phenoxy) is 2. The fourth-order valence-corrected chi connectivity index (χ4v) is 2.15. The molecule has 3 aromatic rings. The Morgan fingerprint density at radius 1 is 1.05 bits per heavy atom. The lowest BCUT2D eigenvalue weighted by Crippen LogP contribution is -2.18. The summed E-state index contributed by atoms with van der Waals surface area (Å²) in [5.41, 5.74) is 1.37. The Morgan fingerprint density at radius 2 is 1.76 bits per heavy atom. The predicted octanol–water partition coefficient (Wildman–Crippen LogP) is 2.68. The van der Waals surface area contributed by atoms with Crippen LogP contribution in [0.3, 0.4) is 0 Å². The Morgan fingerprint density at radius 3 is 2.52 bits per heavy atom. The quantitative estimate of drug-likeness (QED) is 0.723. The maximum Gasteiger partial charge on any atom is 0.420 e. The average molecular weight is 285 g/mol. The zero-order chi connectivity index (χ0) is 14.7. The smallest absolute Gasteiger partial charge is 0.420 e. The van der Waals surface area contributed by atoms with Crippen molar-refractivity contribution in [1.82, 2.24) is 4.57 Å². The molecule has 0 aliphatic heterocycles. The normalized spacial score (nSPS) is 10.7. The number of para-hydroxylation sites is 2. The summed E-state index contributed by atoms with van der Waals surface area (Å²) in [4.78, 5) is 11.8. The van der Waals surface area contributed by atoms with E-state index in [-0.39, 0.29) is 5.76 Å². The lowest BCUT2D eigenvalue weighted by Gasteiger charge is -2.07. The monoisotopic (exact) mass is 285 g/mol. The molecular weight excluding hydrogens is 270 g/mol. The van der Waals surface area contributed by atoms with Gasteiger partial charge in [-0.1, -0.05) is 12.1 Å². The van der Waals surface area contributed by atoms with Crippen molar-refractivity contribution in [2.75, 3.05) is 13.7 Å². The topological polar surface area (TPSA) is 53.6 Å². The summed E-state index contributed by atoms with van der Waals surface area (Å²) >= 11 is 0. The standard InChI is InChI=1S/C16H15NO4/c1-19-12-6-8-13(9-7-12)20-11-10-17-14-4-2-3-5-15(14)21-16(17)18/h2-9H,10-11H2,1H3. The van der Waals surface area contributed by atoms with Crippen LogP contribution in [0.5, 0.6) is 11.5 Å². The number of aromatic nitrogens is 1. The molecule has 0 spiro atoms. The van der Waals surface area contributed by atoms with Gasteiger partial charge in [0.05, 0.1) is 19.2 Å². The number of hydrogen-bond donors (Lipinski definition) is 0. The van der Waals surface area contributed by atoms with Crippen LogP contribution in [0, 0.1) is 0 Å². The van der Waals surface area contributed by atoms with Gasteiger partial charge in [-0.25, -0.2) is 4.79 Å². The molecule has 0 unspecified atom stereocenters. The van der Waals surface area contributed by atoms with Gasteiger partial charge in [-0.2, -0.15) is 0 Å². The zero-order valence-corrected chi connectivity index (χ0v) is 11.6. The van der Waals surface area contributed by atoms with Gasteiger partial charge in [-0.15, -0.1) is 0 Å². The molecule has 0 aliphatic rings. The molecule has 1 heterocycles. The van der Waals surface area contributed by atoms with Gasteiger partial charge >= 0.3 is 5.76 Å². The van der Waals surface area contributed by atoms with Crippen molar-refractivity contribution in [3.63, 3.8) is 0 Å². The molecule has 0 saturated heterocycles. The van der Waals surface area contributed by atoms with Gasteiger partial charge in [0, 0.05) is 0 Å². The number of fused-ring (bicyclic) bond motifs is 1. The van der Waals surface area contributed by atoms with Gasteiger partial charge in [-0.05, 0) is 36.4 Å². The van der Waals surface area contributed by atoms with Gasteiger partial charge in [-0.3, -0.25) is 4.57 Å². The van der Waals surface area contributed by atoms with Crippen LogP contribution in [0.25, 0.3) is 11.1 Å². The van der Waals surface area contributed by atoms with Gasteiger partial charge in [0.2, 0.25) is 0 Å². The molecule has 0 aliphatic carbocycles. The minimum Gasteiger partial charge on any atom is -0.497 e. The van der Waals surface area contributed by atoms with Crippen LogP contribution in [0.2, 0.25) is 0 Å². The number of oxazole rings is 1. The molecule has 0 saturated carbocycles. The number of rotatable bonds is 5. The minimum atomic E-state index is -0.366. The van der Waals surface area contributed by atoms with Crippen molar-refractivity contribution >= 4 is 11.1 Å². The Balaban J connectivity index is 1.69. The van der Waals surface area contributed by atoms with Crippen LogP contribution < -0.4 is 15.2 Å². The first-order valence-electron chi connectivity index (χ1n) is 6.63. The zero-order valence-electron chi connectivity index (χ0n) is 11.6. The summed E-state index contributed by atoms with van der Waals surface area (Å²) in [6, 6.07) is 14.7. The van der Waals surface area contributed by atoms with Crippen LogP contribution in [-0.4, -0.2) is 18.3 Å². The van der Waals surface area contributed by atoms with Crippen molar-refractivity contribution in [2.45, 2.75) is 6.54 Å². The Labute approximate surface area is 121 Å². The van der Waals surface area contributed by atoms with Crippen LogP contribution in [0.15, 0.2) is 57.7 Å². The summed E-state index contributed by atoms with van der Waals surface area (Å²) in [5.74, 6) is 1.14. The van der Waals surface area contributed by atoms with E-state index in [1.165, 1.54) is 0 Å². The van der Waals surface area contributed by atoms with Crippen LogP contribution in [0.1, 0.15) is 0 Å². The van der Waals surface area contributed by atoms with E-state index < -0.39 is 0 Å². The molecule has 0 radical (unpaired) electrons. The fourth-order valence-electron chi connectivity index (χ4n) is 2.15. The molecule has 0 N–H and O–H groups in total. The summed E-state index contributed by atoms with van der Waals surface area (Å²) < 4.78 is 17.4. The molecule has 0 atom stereocenters. The molecule has 21 heavy (non-hydrogen) atoms. The van der Waals surface area contributed by atoms with Gasteiger partial charge < -0.3 is 13.9 Å². The van der Waals surface area contributed by atoms with E-state index >= 15 is 0 Å². The fraction of sp³-hybridized carbons (Fsp3) is 0.188. The second kappa shape index (κ2) is 5.75. The van der Waals surface area contributed by atoms with Crippen molar-refractivity contribution in [3.05, 3.63) is 59.1 Å². The largest absolute Gasteiger partial charge is 0.497 e. The molecule has 0 fully saturated rings. The first-order valence-corrected chi connectivity index (χ1v) is 6.63. The number of hydrogen-bond acceptors (Lipinski definition) is 4. The maximum atomic E-state index is 11.8. The molecule has 0 amide bonds. The summed E-state index contributed by atoms with van der Waals surface area (Å²) in [6.45, 7) is 0.817. The van der Waals surface area contributed by atoms with Crippen molar-refractivity contribution in [3.8, 4) is 11.5 Å². The minimum absolute atomic E-state index is 0.366. The molecule has 3 rings (SSSR count). The molecule has 5 nitrogen and oxygen atoms in total. The molecule has 2 aromatic carbocycles. The molecule has 108 valence electrons. The second-order valence-electron chi connectivity index (χ2n) is 4.51. The van der Waals surface area contributed by atoms with Crippen LogP contribution >= 0.6 is 0 Å². The summed E-state index contributed by atoms with van der Waals surface area (Å²) in [6.07, 6.45) is 0. The summed E-state index contributed by atoms with van der Waals surface area (Å²) in [5, 5.41) is 0. The third-order valence-electron chi connectivity index (χ3n) is 3.22. The Bertz CT molecular complexity index is 786. The van der Waals surface area contributed by atoms with E-state index in [4.69, 9.17) is 13.9 Å². The van der Waals surface area contributed by atoms with E-state index in [0.717, 1.165) is 17.0 Å². The SMILES string of the molecule is COc1ccc(OCCn2c(=O)oc3ccccc32)cc1. The number of methoxy groups -OCH3 is 1. The van der Waals surface area contributed by atoms with E-state index in [2.05, 4.69) is 0 Å². The highest BCUT2D eigenvalue weighted by molar-refractivity contribution is 5.72. The Kier molecular flexibility index (Phi) is 3.64. The lowest BCUT2D eigenvalue weighted by atomic mass is 10.3. The van der Waals surface area contributed by atoms with E-state index in [0.29, 0.717) is 18.7 Å². The number of benzene rings is 2. The highest BCUT2D eigenvalue weighted by atomic mass is 16.5. The van der Waals surface area contributed by atoms with Crippen LogP contribution in [-0.2, 0) is 6.54 Å². The van der Waals surface area contributed by atoms with Crippen molar-refractivity contribution in [1.29, 1.82) is 0 Å². The average Bonchev–Trinajstić information content (AvgIpc) is 2.84. The molecular formula is C16H15NO4. The highest BCUT2D eigenvalue weighted by Crippen LogP contribution is 2.17. The predicted molar refractivity (Wildman–Crippen MR) is 79.0 cm³/mol. The van der Waals surface area contributed by atoms with Gasteiger partial charge in [0.15, 0.2) is 5.58 Å². The van der Waals surface area contributed by atoms with E-state index in [1.807, 2.05) is 42.5 Å². The second-order valence-corrected chi connectivity index (χ2v) is 4.51. The molecule has 5 heteroatoms. The highest BCUT2D eigenvalue weighted by Gasteiger charge is 2.08. The van der Waals surface area contributed by atoms with Gasteiger partial charge in [0.1, 0.15) is 18.1 Å². The Hall–Kier alpha value is -2.69. The maximum absolute atomic E-state index is 11.8. The van der Waals surface area contributed by atoms with Crippen LogP contribution in [0.4, 0.5) is 0 Å². The van der Waals surface area contributed by atoms with Crippen molar-refractivity contribution < 1.29 is 13.9 Å². The first kappa shape index (κ1) is 13.3. The summed E-state index contributed by atoms with van der Waals surface area (Å²) in [7, 11) is 1.62. The van der Waals surface area contributed by atoms with E-state index in [9.17, 15) is 4.79 Å². The lowest BCUT2D eigenvalue weighted by molar-refractivity contribution is 0.293. The molecule has 0 bridgehead atoms. The van der Waals surface area contributed by atoms with Crippen molar-refractivity contribution in [2.24, 2.45) is 0 Å². The molecule has 1 aromatic heterocycles.